The zero-order valence-electron chi connectivity index (χ0n) is 13.7. The third kappa shape index (κ3) is 3.75. The third-order valence-electron chi connectivity index (χ3n) is 5.20. The summed E-state index contributed by atoms with van der Waals surface area (Å²) in [5, 5.41) is 2.09. The highest BCUT2D eigenvalue weighted by Crippen LogP contribution is 2.24. The molecule has 0 aliphatic carbocycles. The number of likely N-dealkylation sites (tertiary alicyclic amines) is 2. The number of amides is 2. The number of primary amides is 1. The molecule has 3 heterocycles. The number of nitrogens with zero attached hydrogens (tertiary/aromatic N) is 2. The first kappa shape index (κ1) is 16.5. The lowest BCUT2D eigenvalue weighted by atomic mass is 9.93. The van der Waals surface area contributed by atoms with Crippen molar-refractivity contribution < 1.29 is 9.59 Å². The second-order valence-electron chi connectivity index (χ2n) is 6.69. The summed E-state index contributed by atoms with van der Waals surface area (Å²) >= 11 is 1.74. The molecule has 2 N–H and O–H groups in total. The van der Waals surface area contributed by atoms with Crippen LogP contribution in [0.1, 0.15) is 29.7 Å². The molecule has 5 nitrogen and oxygen atoms in total. The Bertz CT molecular complexity index is 572. The van der Waals surface area contributed by atoms with Crippen molar-refractivity contribution in [2.75, 3.05) is 26.2 Å². The highest BCUT2D eigenvalue weighted by molar-refractivity contribution is 7.10. The number of nitrogens with two attached hydrogens (primary N) is 1. The summed E-state index contributed by atoms with van der Waals surface area (Å²) in [7, 11) is 0. The number of carbonyl (C=O) groups is 2. The average Bonchev–Trinajstić information content (AvgIpc) is 2.89. The normalized spacial score (nSPS) is 20.5. The molecule has 3 rings (SSSR count). The summed E-state index contributed by atoms with van der Waals surface area (Å²) in [4.78, 5) is 29.2. The Kier molecular flexibility index (Phi) is 5.02. The van der Waals surface area contributed by atoms with Gasteiger partial charge in [-0.25, -0.2) is 0 Å². The number of hydrogen-bond donors (Lipinski definition) is 1. The van der Waals surface area contributed by atoms with Crippen LogP contribution < -0.4 is 5.73 Å². The predicted molar refractivity (Wildman–Crippen MR) is 91.2 cm³/mol. The minimum Gasteiger partial charge on any atom is -0.369 e. The van der Waals surface area contributed by atoms with Crippen LogP contribution in [0.5, 0.6) is 0 Å². The second kappa shape index (κ2) is 7.01. The number of hydrogen-bond acceptors (Lipinski definition) is 4. The van der Waals surface area contributed by atoms with E-state index in [1.54, 1.807) is 11.3 Å². The Labute approximate surface area is 141 Å². The lowest BCUT2D eigenvalue weighted by molar-refractivity contribution is -0.139. The molecule has 126 valence electrons. The monoisotopic (exact) mass is 335 g/mol. The molecule has 0 saturated carbocycles. The summed E-state index contributed by atoms with van der Waals surface area (Å²) < 4.78 is 0. The molecular formula is C17H25N3O2S. The fourth-order valence-electron chi connectivity index (χ4n) is 3.48. The van der Waals surface area contributed by atoms with Crippen molar-refractivity contribution in [2.45, 2.75) is 38.6 Å². The van der Waals surface area contributed by atoms with Crippen molar-refractivity contribution >= 4 is 23.2 Å². The fraction of sp³-hybridized carbons (Fsp3) is 0.647. The Balaban J connectivity index is 1.38. The van der Waals surface area contributed by atoms with Crippen LogP contribution in [-0.2, 0) is 16.0 Å². The van der Waals surface area contributed by atoms with Gasteiger partial charge in [0.1, 0.15) is 0 Å². The van der Waals surface area contributed by atoms with Crippen LogP contribution in [0.2, 0.25) is 0 Å². The van der Waals surface area contributed by atoms with Gasteiger partial charge in [0, 0.05) is 36.3 Å². The smallest absolute Gasteiger partial charge is 0.223 e. The van der Waals surface area contributed by atoms with Gasteiger partial charge in [0.05, 0.1) is 0 Å². The zero-order chi connectivity index (χ0) is 16.4. The molecule has 2 aliphatic rings. The lowest BCUT2D eigenvalue weighted by Gasteiger charge is -2.47. The van der Waals surface area contributed by atoms with Gasteiger partial charge >= 0.3 is 0 Å². The van der Waals surface area contributed by atoms with E-state index >= 15 is 0 Å². The second-order valence-corrected chi connectivity index (χ2v) is 7.69. The highest BCUT2D eigenvalue weighted by atomic mass is 32.1. The topological polar surface area (TPSA) is 66.6 Å². The first-order chi connectivity index (χ1) is 11.0. The average molecular weight is 335 g/mol. The van der Waals surface area contributed by atoms with E-state index in [-0.39, 0.29) is 17.7 Å². The summed E-state index contributed by atoms with van der Waals surface area (Å²) in [6, 6.07) is 2.58. The first-order valence-corrected chi connectivity index (χ1v) is 9.26. The van der Waals surface area contributed by atoms with Gasteiger partial charge in [0.2, 0.25) is 11.8 Å². The van der Waals surface area contributed by atoms with E-state index in [4.69, 9.17) is 5.73 Å². The Hall–Kier alpha value is -1.40. The number of piperidine rings is 1. The SMILES string of the molecule is Cc1ccsc1CCC(=O)N1CC(N2CCC(C(N)=O)CC2)C1. The van der Waals surface area contributed by atoms with Crippen LogP contribution in [0.3, 0.4) is 0 Å². The van der Waals surface area contributed by atoms with E-state index in [0.29, 0.717) is 12.5 Å². The van der Waals surface area contributed by atoms with Gasteiger partial charge < -0.3 is 10.6 Å². The minimum atomic E-state index is -0.168. The van der Waals surface area contributed by atoms with Crippen LogP contribution in [0.4, 0.5) is 0 Å². The molecule has 2 amide bonds. The number of rotatable bonds is 5. The van der Waals surface area contributed by atoms with Crippen molar-refractivity contribution in [1.29, 1.82) is 0 Å². The van der Waals surface area contributed by atoms with E-state index in [1.807, 2.05) is 4.90 Å². The quantitative estimate of drug-likeness (QED) is 0.884. The molecule has 2 fully saturated rings. The standard InChI is InChI=1S/C17H25N3O2S/c1-12-6-9-23-15(12)2-3-16(21)20-10-14(11-20)19-7-4-13(5-8-19)17(18)22/h6,9,13-14H,2-5,7-8,10-11H2,1H3,(H2,18,22). The molecule has 0 aromatic carbocycles. The van der Waals surface area contributed by atoms with E-state index < -0.39 is 0 Å². The van der Waals surface area contributed by atoms with E-state index in [2.05, 4.69) is 23.3 Å². The fourth-order valence-corrected chi connectivity index (χ4v) is 4.39. The molecule has 0 radical (unpaired) electrons. The Morgan fingerprint density at radius 1 is 1.30 bits per heavy atom. The van der Waals surface area contributed by atoms with Crippen LogP contribution in [0.15, 0.2) is 11.4 Å². The van der Waals surface area contributed by atoms with Crippen LogP contribution in [0.25, 0.3) is 0 Å². The highest BCUT2D eigenvalue weighted by Gasteiger charge is 2.36. The van der Waals surface area contributed by atoms with Crippen LogP contribution in [-0.4, -0.2) is 53.8 Å². The molecule has 0 atom stereocenters. The zero-order valence-corrected chi connectivity index (χ0v) is 14.5. The van der Waals surface area contributed by atoms with Gasteiger partial charge in [-0.05, 0) is 56.3 Å². The van der Waals surface area contributed by atoms with Gasteiger partial charge in [-0.3, -0.25) is 14.5 Å². The lowest BCUT2D eigenvalue weighted by Crippen LogP contribution is -2.62. The number of aryl methyl sites for hydroxylation is 2. The molecule has 6 heteroatoms. The van der Waals surface area contributed by atoms with Gasteiger partial charge in [-0.2, -0.15) is 0 Å². The third-order valence-corrected chi connectivity index (χ3v) is 6.28. The number of carbonyl (C=O) groups excluding carboxylic acids is 2. The summed E-state index contributed by atoms with van der Waals surface area (Å²) in [6.45, 7) is 5.63. The molecule has 1 aromatic rings. The predicted octanol–water partition coefficient (Wildman–Crippen LogP) is 1.40. The largest absolute Gasteiger partial charge is 0.369 e. The van der Waals surface area contributed by atoms with Crippen molar-refractivity contribution in [2.24, 2.45) is 11.7 Å². The minimum absolute atomic E-state index is 0.0399. The number of thiophene rings is 1. The van der Waals surface area contributed by atoms with Crippen molar-refractivity contribution in [3.05, 3.63) is 21.9 Å². The molecule has 0 unspecified atom stereocenters. The van der Waals surface area contributed by atoms with Crippen LogP contribution >= 0.6 is 11.3 Å². The first-order valence-electron chi connectivity index (χ1n) is 8.38. The van der Waals surface area contributed by atoms with Gasteiger partial charge in [-0.1, -0.05) is 0 Å². The Morgan fingerprint density at radius 2 is 2.00 bits per heavy atom. The maximum absolute atomic E-state index is 12.3. The summed E-state index contributed by atoms with van der Waals surface area (Å²) in [6.07, 6.45) is 3.18. The molecule has 0 bridgehead atoms. The summed E-state index contributed by atoms with van der Waals surface area (Å²) in [5.74, 6) is 0.137. The van der Waals surface area contributed by atoms with Crippen molar-refractivity contribution in [3.63, 3.8) is 0 Å². The maximum Gasteiger partial charge on any atom is 0.223 e. The van der Waals surface area contributed by atoms with Gasteiger partial charge in [-0.15, -0.1) is 11.3 Å². The van der Waals surface area contributed by atoms with Gasteiger partial charge in [0.15, 0.2) is 0 Å². The molecule has 23 heavy (non-hydrogen) atoms. The molecular weight excluding hydrogens is 310 g/mol. The summed E-state index contributed by atoms with van der Waals surface area (Å²) in [5.41, 5.74) is 6.66. The van der Waals surface area contributed by atoms with Crippen LogP contribution in [0, 0.1) is 12.8 Å². The van der Waals surface area contributed by atoms with E-state index in [1.165, 1.54) is 10.4 Å². The van der Waals surface area contributed by atoms with Crippen molar-refractivity contribution in [3.8, 4) is 0 Å². The van der Waals surface area contributed by atoms with Gasteiger partial charge in [0.25, 0.3) is 0 Å². The van der Waals surface area contributed by atoms with E-state index in [0.717, 1.165) is 45.4 Å². The van der Waals surface area contributed by atoms with Crippen molar-refractivity contribution in [1.82, 2.24) is 9.80 Å². The molecule has 2 aliphatic heterocycles. The molecule has 0 spiro atoms. The van der Waals surface area contributed by atoms with E-state index in [9.17, 15) is 9.59 Å². The maximum atomic E-state index is 12.3. The Morgan fingerprint density at radius 3 is 2.57 bits per heavy atom. The molecule has 2 saturated heterocycles. The molecule has 1 aromatic heterocycles.